The van der Waals surface area contributed by atoms with E-state index in [1.54, 1.807) is 12.2 Å². The third-order valence-electron chi connectivity index (χ3n) is 4.82. The van der Waals surface area contributed by atoms with Crippen molar-refractivity contribution in [3.8, 4) is 0 Å². The Morgan fingerprint density at radius 3 is 2.30 bits per heavy atom. The minimum Gasteiger partial charge on any atom is -0.481 e. The highest BCUT2D eigenvalue weighted by Gasteiger charge is 2.40. The molecule has 0 heterocycles. The topological polar surface area (TPSA) is 98.0 Å². The molecule has 0 spiro atoms. The summed E-state index contributed by atoms with van der Waals surface area (Å²) < 4.78 is 0. The molecule has 5 atom stereocenters. The van der Waals surface area contributed by atoms with Gasteiger partial charge in [0.25, 0.3) is 0 Å². The molecule has 5 heteroatoms. The van der Waals surface area contributed by atoms with E-state index in [2.05, 4.69) is 31.2 Å². The number of hydrogen-bond acceptors (Lipinski definition) is 4. The van der Waals surface area contributed by atoms with Gasteiger partial charge < -0.3 is 20.4 Å². The average molecular weight is 379 g/mol. The minimum absolute atomic E-state index is 0.0359. The zero-order valence-electron chi connectivity index (χ0n) is 16.2. The lowest BCUT2D eigenvalue weighted by atomic mass is 9.88. The molecule has 1 rings (SSSR count). The second-order valence-electron chi connectivity index (χ2n) is 7.03. The van der Waals surface area contributed by atoms with E-state index in [1.165, 1.54) is 0 Å². The van der Waals surface area contributed by atoms with E-state index in [-0.39, 0.29) is 24.7 Å². The Morgan fingerprint density at radius 1 is 1.04 bits per heavy atom. The lowest BCUT2D eigenvalue weighted by Gasteiger charge is -2.20. The first-order valence-electron chi connectivity index (χ1n) is 9.85. The average Bonchev–Trinajstić information content (AvgIpc) is 2.89. The lowest BCUT2D eigenvalue weighted by molar-refractivity contribution is -0.137. The van der Waals surface area contributed by atoms with E-state index >= 15 is 0 Å². The molecule has 152 valence electrons. The zero-order valence-corrected chi connectivity index (χ0v) is 16.2. The fourth-order valence-electron chi connectivity index (χ4n) is 3.35. The van der Waals surface area contributed by atoms with E-state index in [0.29, 0.717) is 12.8 Å². The van der Waals surface area contributed by atoms with Crippen LogP contribution < -0.4 is 0 Å². The molecule has 0 radical (unpaired) electrons. The fraction of sp³-hybridized carbons (Fsp3) is 0.591. The fourth-order valence-corrected chi connectivity index (χ4v) is 3.35. The van der Waals surface area contributed by atoms with Gasteiger partial charge in [-0.2, -0.15) is 0 Å². The highest BCUT2D eigenvalue weighted by molar-refractivity contribution is 5.66. The molecule has 0 amide bonds. The van der Waals surface area contributed by atoms with Crippen molar-refractivity contribution in [3.63, 3.8) is 0 Å². The summed E-state index contributed by atoms with van der Waals surface area (Å²) in [6.07, 6.45) is 17.5. The van der Waals surface area contributed by atoms with Gasteiger partial charge in [-0.05, 0) is 38.0 Å². The van der Waals surface area contributed by atoms with E-state index in [1.807, 2.05) is 12.2 Å². The maximum Gasteiger partial charge on any atom is 0.303 e. The molecule has 1 saturated carbocycles. The van der Waals surface area contributed by atoms with Gasteiger partial charge in [-0.1, -0.05) is 55.5 Å². The Morgan fingerprint density at radius 2 is 1.67 bits per heavy atom. The summed E-state index contributed by atoms with van der Waals surface area (Å²) >= 11 is 0. The molecular weight excluding hydrogens is 344 g/mol. The van der Waals surface area contributed by atoms with Crippen molar-refractivity contribution < 1.29 is 25.2 Å². The third-order valence-corrected chi connectivity index (χ3v) is 4.82. The number of rotatable bonds is 12. The Bertz CT molecular complexity index is 535. The number of aliphatic carboxylic acids is 1. The minimum atomic E-state index is -0.910. The maximum atomic E-state index is 10.8. The van der Waals surface area contributed by atoms with E-state index in [9.17, 15) is 20.1 Å². The zero-order chi connectivity index (χ0) is 20.1. The first-order chi connectivity index (χ1) is 13.0. The monoisotopic (exact) mass is 378 g/mol. The Hall–Kier alpha value is -1.69. The molecule has 1 aliphatic rings. The van der Waals surface area contributed by atoms with Gasteiger partial charge in [0.15, 0.2) is 0 Å². The maximum absolute atomic E-state index is 10.8. The SMILES string of the molecule is CC/C=C\C/C=C/C/C=C\C[C@H](O)/C=C/[C@H]1[C@H](CCC(=O)O)[C@@H](O)C[C@H]1O. The number of carboxylic acids is 1. The van der Waals surface area contributed by atoms with Crippen LogP contribution in [0.1, 0.15) is 51.9 Å². The van der Waals surface area contributed by atoms with Crippen LogP contribution in [0.4, 0.5) is 0 Å². The van der Waals surface area contributed by atoms with Gasteiger partial charge in [0.1, 0.15) is 0 Å². The molecule has 27 heavy (non-hydrogen) atoms. The van der Waals surface area contributed by atoms with Gasteiger partial charge >= 0.3 is 5.97 Å². The third kappa shape index (κ3) is 9.70. The molecule has 0 saturated heterocycles. The van der Waals surface area contributed by atoms with Crippen LogP contribution in [0.5, 0.6) is 0 Å². The Labute approximate surface area is 162 Å². The largest absolute Gasteiger partial charge is 0.481 e. The summed E-state index contributed by atoms with van der Waals surface area (Å²) in [5, 5.41) is 39.0. The highest BCUT2D eigenvalue weighted by Crippen LogP contribution is 2.36. The van der Waals surface area contributed by atoms with Gasteiger partial charge in [0.2, 0.25) is 0 Å². The summed E-state index contributed by atoms with van der Waals surface area (Å²) in [6, 6.07) is 0. The molecule has 0 unspecified atom stereocenters. The predicted octanol–water partition coefficient (Wildman–Crippen LogP) is 3.38. The summed E-state index contributed by atoms with van der Waals surface area (Å²) in [6.45, 7) is 2.11. The first-order valence-corrected chi connectivity index (χ1v) is 9.85. The second-order valence-corrected chi connectivity index (χ2v) is 7.03. The van der Waals surface area contributed by atoms with Crippen LogP contribution in [0.15, 0.2) is 48.6 Å². The molecule has 1 aliphatic carbocycles. The van der Waals surface area contributed by atoms with Crippen molar-refractivity contribution in [2.75, 3.05) is 0 Å². The van der Waals surface area contributed by atoms with E-state index in [0.717, 1.165) is 19.3 Å². The summed E-state index contributed by atoms with van der Waals surface area (Å²) in [4.78, 5) is 10.8. The van der Waals surface area contributed by atoms with Crippen LogP contribution in [0, 0.1) is 11.8 Å². The Balaban J connectivity index is 2.39. The molecule has 4 N–H and O–H groups in total. The van der Waals surface area contributed by atoms with Crippen molar-refractivity contribution in [1.82, 2.24) is 0 Å². The number of hydrogen-bond donors (Lipinski definition) is 4. The summed E-state index contributed by atoms with van der Waals surface area (Å²) in [5.74, 6) is -1.52. The van der Waals surface area contributed by atoms with Crippen molar-refractivity contribution >= 4 is 5.97 Å². The standard InChI is InChI=1S/C22H34O5/c1-2-3-4-5-6-7-8-9-10-11-17(23)12-13-18-19(14-15-22(26)27)21(25)16-20(18)24/h3-4,6-7,9-10,12-13,17-21,23-25H,2,5,8,11,14-16H2,1H3,(H,26,27)/b4-3-,7-6+,10-9-,13-12+/t17-,18-,19-,20+,21-/m0/s1. The molecule has 0 aromatic rings. The van der Waals surface area contributed by atoms with Crippen LogP contribution in [0.3, 0.4) is 0 Å². The molecule has 0 bridgehead atoms. The van der Waals surface area contributed by atoms with Crippen molar-refractivity contribution in [2.24, 2.45) is 11.8 Å². The van der Waals surface area contributed by atoms with Gasteiger partial charge in [0, 0.05) is 18.8 Å². The van der Waals surface area contributed by atoms with Crippen LogP contribution in [-0.2, 0) is 4.79 Å². The van der Waals surface area contributed by atoms with Gasteiger partial charge in [-0.15, -0.1) is 0 Å². The lowest BCUT2D eigenvalue weighted by Crippen LogP contribution is -2.22. The predicted molar refractivity (Wildman–Crippen MR) is 107 cm³/mol. The first kappa shape index (κ1) is 23.3. The summed E-state index contributed by atoms with van der Waals surface area (Å²) in [5.41, 5.74) is 0. The van der Waals surface area contributed by atoms with Crippen LogP contribution >= 0.6 is 0 Å². The summed E-state index contributed by atoms with van der Waals surface area (Å²) in [7, 11) is 0. The van der Waals surface area contributed by atoms with E-state index < -0.39 is 24.3 Å². The molecular formula is C22H34O5. The number of aliphatic hydroxyl groups excluding tert-OH is 3. The van der Waals surface area contributed by atoms with Gasteiger partial charge in [0.05, 0.1) is 18.3 Å². The van der Waals surface area contributed by atoms with Crippen molar-refractivity contribution in [2.45, 2.75) is 70.2 Å². The smallest absolute Gasteiger partial charge is 0.303 e. The molecule has 0 aliphatic heterocycles. The van der Waals surface area contributed by atoms with Crippen molar-refractivity contribution in [3.05, 3.63) is 48.6 Å². The highest BCUT2D eigenvalue weighted by atomic mass is 16.4. The normalized spacial score (nSPS) is 27.6. The van der Waals surface area contributed by atoms with Crippen LogP contribution in [0.25, 0.3) is 0 Å². The van der Waals surface area contributed by atoms with E-state index in [4.69, 9.17) is 5.11 Å². The van der Waals surface area contributed by atoms with Gasteiger partial charge in [-0.3, -0.25) is 4.79 Å². The molecule has 0 aromatic carbocycles. The second kappa shape index (κ2) is 13.5. The molecule has 5 nitrogen and oxygen atoms in total. The quantitative estimate of drug-likeness (QED) is 0.390. The number of allylic oxidation sites excluding steroid dienone is 5. The molecule has 1 fully saturated rings. The number of carbonyl (C=O) groups is 1. The van der Waals surface area contributed by atoms with Crippen LogP contribution in [0.2, 0.25) is 0 Å². The Kier molecular flexibility index (Phi) is 11.7. The van der Waals surface area contributed by atoms with Crippen LogP contribution in [-0.4, -0.2) is 44.7 Å². The molecule has 0 aromatic heterocycles. The number of aliphatic hydroxyl groups is 3. The van der Waals surface area contributed by atoms with Crippen molar-refractivity contribution in [1.29, 1.82) is 0 Å². The number of carboxylic acid groups (broad SMARTS) is 1. The van der Waals surface area contributed by atoms with Gasteiger partial charge in [-0.25, -0.2) is 0 Å².